The maximum atomic E-state index is 11.3. The van der Waals surface area contributed by atoms with E-state index in [1.54, 1.807) is 30.3 Å². The Bertz CT molecular complexity index is 614. The summed E-state index contributed by atoms with van der Waals surface area (Å²) in [6, 6.07) is 12.4. The van der Waals surface area contributed by atoms with E-state index >= 15 is 0 Å². The summed E-state index contributed by atoms with van der Waals surface area (Å²) < 4.78 is 6.63. The van der Waals surface area contributed by atoms with Crippen molar-refractivity contribution in [2.45, 2.75) is 6.54 Å². The van der Waals surface area contributed by atoms with Gasteiger partial charge in [0.05, 0.1) is 5.56 Å². The first kappa shape index (κ1) is 13.6. The number of nitrogens with two attached hydrogens (primary N) is 2. The summed E-state index contributed by atoms with van der Waals surface area (Å²) in [7, 11) is 0. The van der Waals surface area contributed by atoms with Crippen molar-refractivity contribution in [1.29, 1.82) is 0 Å². The van der Waals surface area contributed by atoms with Crippen molar-refractivity contribution < 1.29 is 9.53 Å². The van der Waals surface area contributed by atoms with Gasteiger partial charge in [-0.05, 0) is 24.3 Å². The molecule has 0 atom stereocenters. The predicted molar refractivity (Wildman–Crippen MR) is 77.1 cm³/mol. The fourth-order valence-corrected chi connectivity index (χ4v) is 2.22. The third-order valence-corrected chi connectivity index (χ3v) is 3.40. The van der Waals surface area contributed by atoms with Gasteiger partial charge in [0.1, 0.15) is 11.5 Å². The lowest BCUT2D eigenvalue weighted by Gasteiger charge is -2.13. The van der Waals surface area contributed by atoms with Crippen LogP contribution < -0.4 is 16.2 Å². The molecule has 0 aliphatic rings. The summed E-state index contributed by atoms with van der Waals surface area (Å²) >= 11 is 3.42. The Hall–Kier alpha value is -1.85. The number of rotatable bonds is 4. The zero-order valence-corrected chi connectivity index (χ0v) is 11.7. The molecule has 0 spiro atoms. The SMILES string of the molecule is NCc1c(Br)cccc1Oc1ccccc1C(N)=O. The zero-order valence-electron chi connectivity index (χ0n) is 10.1. The maximum Gasteiger partial charge on any atom is 0.252 e. The smallest absolute Gasteiger partial charge is 0.252 e. The van der Waals surface area contributed by atoms with Crippen LogP contribution >= 0.6 is 15.9 Å². The molecule has 0 bridgehead atoms. The lowest BCUT2D eigenvalue weighted by Crippen LogP contribution is -2.12. The molecule has 2 rings (SSSR count). The van der Waals surface area contributed by atoms with Gasteiger partial charge >= 0.3 is 0 Å². The normalized spacial score (nSPS) is 10.2. The van der Waals surface area contributed by atoms with Gasteiger partial charge < -0.3 is 16.2 Å². The fourth-order valence-electron chi connectivity index (χ4n) is 1.71. The molecule has 98 valence electrons. The number of amides is 1. The van der Waals surface area contributed by atoms with Gasteiger partial charge in [-0.3, -0.25) is 4.79 Å². The standard InChI is InChI=1S/C14H13BrN2O2/c15-11-5-3-7-13(10(11)8-16)19-12-6-2-1-4-9(12)14(17)18/h1-7H,8,16H2,(H2,17,18). The average Bonchev–Trinajstić information content (AvgIpc) is 2.39. The van der Waals surface area contributed by atoms with Crippen LogP contribution in [-0.2, 0) is 6.54 Å². The molecule has 0 aliphatic carbocycles. The second-order valence-electron chi connectivity index (χ2n) is 3.88. The van der Waals surface area contributed by atoms with Crippen molar-refractivity contribution in [2.75, 3.05) is 0 Å². The van der Waals surface area contributed by atoms with Gasteiger partial charge in [0.15, 0.2) is 0 Å². The minimum absolute atomic E-state index is 0.329. The fraction of sp³-hybridized carbons (Fsp3) is 0.0714. The summed E-state index contributed by atoms with van der Waals surface area (Å²) in [5.41, 5.74) is 12.2. The Balaban J connectivity index is 2.42. The van der Waals surface area contributed by atoms with Crippen molar-refractivity contribution in [1.82, 2.24) is 0 Å². The first-order valence-electron chi connectivity index (χ1n) is 5.67. The first-order chi connectivity index (χ1) is 9.13. The summed E-state index contributed by atoms with van der Waals surface area (Å²) in [5, 5.41) is 0. The Morgan fingerprint density at radius 1 is 1.11 bits per heavy atom. The highest BCUT2D eigenvalue weighted by atomic mass is 79.9. The molecule has 2 aromatic rings. The second kappa shape index (κ2) is 5.86. The van der Waals surface area contributed by atoms with E-state index in [1.165, 1.54) is 0 Å². The molecule has 4 nitrogen and oxygen atoms in total. The quantitative estimate of drug-likeness (QED) is 0.909. The number of carbonyl (C=O) groups is 1. The van der Waals surface area contributed by atoms with Crippen LogP contribution in [0.1, 0.15) is 15.9 Å². The molecule has 5 heteroatoms. The van der Waals surface area contributed by atoms with Crippen LogP contribution in [0.15, 0.2) is 46.9 Å². The number of halogens is 1. The largest absolute Gasteiger partial charge is 0.456 e. The molecule has 0 aromatic heterocycles. The third kappa shape index (κ3) is 2.94. The minimum atomic E-state index is -0.528. The molecule has 0 unspecified atom stereocenters. The van der Waals surface area contributed by atoms with Gasteiger partial charge in [0.2, 0.25) is 0 Å². The molecule has 2 aromatic carbocycles. The van der Waals surface area contributed by atoms with Crippen LogP contribution in [0.4, 0.5) is 0 Å². The topological polar surface area (TPSA) is 78.3 Å². The highest BCUT2D eigenvalue weighted by Crippen LogP contribution is 2.31. The van der Waals surface area contributed by atoms with E-state index in [2.05, 4.69) is 15.9 Å². The zero-order chi connectivity index (χ0) is 13.8. The Morgan fingerprint density at radius 3 is 2.47 bits per heavy atom. The molecule has 19 heavy (non-hydrogen) atoms. The van der Waals surface area contributed by atoms with Crippen LogP contribution in [0.5, 0.6) is 11.5 Å². The number of primary amides is 1. The molecular formula is C14H13BrN2O2. The highest BCUT2D eigenvalue weighted by Gasteiger charge is 2.12. The summed E-state index contributed by atoms with van der Waals surface area (Å²) in [6.07, 6.45) is 0. The summed E-state index contributed by atoms with van der Waals surface area (Å²) in [5.74, 6) is 0.494. The average molecular weight is 321 g/mol. The van der Waals surface area contributed by atoms with Crippen LogP contribution in [0.3, 0.4) is 0 Å². The van der Waals surface area contributed by atoms with E-state index in [4.69, 9.17) is 16.2 Å². The molecule has 0 heterocycles. The van der Waals surface area contributed by atoms with E-state index in [-0.39, 0.29) is 0 Å². The maximum absolute atomic E-state index is 11.3. The molecule has 1 amide bonds. The molecule has 0 saturated carbocycles. The van der Waals surface area contributed by atoms with Crippen LogP contribution in [0.25, 0.3) is 0 Å². The van der Waals surface area contributed by atoms with Gasteiger partial charge in [-0.15, -0.1) is 0 Å². The van der Waals surface area contributed by atoms with Crippen LogP contribution in [0, 0.1) is 0 Å². The number of hydrogen-bond donors (Lipinski definition) is 2. The molecule has 0 fully saturated rings. The van der Waals surface area contributed by atoms with E-state index in [1.807, 2.05) is 12.1 Å². The van der Waals surface area contributed by atoms with E-state index in [0.717, 1.165) is 10.0 Å². The van der Waals surface area contributed by atoms with Crippen molar-refractivity contribution in [3.8, 4) is 11.5 Å². The number of ether oxygens (including phenoxy) is 1. The summed E-state index contributed by atoms with van der Waals surface area (Å²) in [6.45, 7) is 0.329. The van der Waals surface area contributed by atoms with Crippen LogP contribution in [0.2, 0.25) is 0 Å². The molecule has 0 radical (unpaired) electrons. The molecular weight excluding hydrogens is 308 g/mol. The van der Waals surface area contributed by atoms with Crippen LogP contribution in [-0.4, -0.2) is 5.91 Å². The Morgan fingerprint density at radius 2 is 1.79 bits per heavy atom. The molecule has 4 N–H and O–H groups in total. The van der Waals surface area contributed by atoms with E-state index < -0.39 is 5.91 Å². The first-order valence-corrected chi connectivity index (χ1v) is 6.47. The number of hydrogen-bond acceptors (Lipinski definition) is 3. The van der Waals surface area contributed by atoms with Gasteiger partial charge in [0, 0.05) is 16.6 Å². The van der Waals surface area contributed by atoms with Gasteiger partial charge in [0.25, 0.3) is 5.91 Å². The lowest BCUT2D eigenvalue weighted by molar-refractivity contribution is 0.0998. The van der Waals surface area contributed by atoms with Gasteiger partial charge in [-0.2, -0.15) is 0 Å². The number of carbonyl (C=O) groups excluding carboxylic acids is 1. The number of benzene rings is 2. The van der Waals surface area contributed by atoms with E-state index in [9.17, 15) is 4.79 Å². The highest BCUT2D eigenvalue weighted by molar-refractivity contribution is 9.10. The molecule has 0 aliphatic heterocycles. The summed E-state index contributed by atoms with van der Waals surface area (Å²) in [4.78, 5) is 11.3. The second-order valence-corrected chi connectivity index (χ2v) is 4.74. The Labute approximate surface area is 119 Å². The van der Waals surface area contributed by atoms with Crippen molar-refractivity contribution in [3.05, 3.63) is 58.1 Å². The van der Waals surface area contributed by atoms with Crippen molar-refractivity contribution in [3.63, 3.8) is 0 Å². The third-order valence-electron chi connectivity index (χ3n) is 2.65. The predicted octanol–water partition coefficient (Wildman–Crippen LogP) is 2.80. The Kier molecular flexibility index (Phi) is 4.19. The molecule has 0 saturated heterocycles. The van der Waals surface area contributed by atoms with Gasteiger partial charge in [-0.1, -0.05) is 34.1 Å². The minimum Gasteiger partial charge on any atom is -0.456 e. The van der Waals surface area contributed by atoms with Crippen molar-refractivity contribution in [2.24, 2.45) is 11.5 Å². The lowest BCUT2D eigenvalue weighted by atomic mass is 10.1. The van der Waals surface area contributed by atoms with E-state index in [0.29, 0.717) is 23.6 Å². The van der Waals surface area contributed by atoms with Crippen molar-refractivity contribution >= 4 is 21.8 Å². The number of para-hydroxylation sites is 1. The van der Waals surface area contributed by atoms with Gasteiger partial charge in [-0.25, -0.2) is 0 Å². The monoisotopic (exact) mass is 320 g/mol.